The fourth-order valence-electron chi connectivity index (χ4n) is 3.64. The van der Waals surface area contributed by atoms with Gasteiger partial charge in [-0.2, -0.15) is 0 Å². The lowest BCUT2D eigenvalue weighted by Crippen LogP contribution is -2.38. The predicted octanol–water partition coefficient (Wildman–Crippen LogP) is 4.83. The van der Waals surface area contributed by atoms with Crippen LogP contribution in [0.25, 0.3) is 0 Å². The van der Waals surface area contributed by atoms with Crippen molar-refractivity contribution in [3.63, 3.8) is 0 Å². The van der Waals surface area contributed by atoms with E-state index in [-0.39, 0.29) is 11.3 Å². The number of ether oxygens (including phenoxy) is 2. The number of carbonyl (C=O) groups excluding carboxylic acids is 1. The smallest absolute Gasteiger partial charge is 0.260 e. The third kappa shape index (κ3) is 5.75. The number of amides is 1. The first-order chi connectivity index (χ1) is 13.8. The average molecular weight is 396 g/mol. The van der Waals surface area contributed by atoms with E-state index in [1.54, 1.807) is 6.92 Å². The van der Waals surface area contributed by atoms with Gasteiger partial charge in [-0.25, -0.2) is 0 Å². The van der Waals surface area contributed by atoms with Gasteiger partial charge < -0.3 is 14.8 Å². The van der Waals surface area contributed by atoms with Gasteiger partial charge in [0.15, 0.2) is 6.10 Å². The summed E-state index contributed by atoms with van der Waals surface area (Å²) in [4.78, 5) is 12.4. The average Bonchev–Trinajstić information content (AvgIpc) is 2.71. The highest BCUT2D eigenvalue weighted by atomic mass is 16.5. The van der Waals surface area contributed by atoms with Crippen molar-refractivity contribution in [2.75, 3.05) is 13.2 Å². The Hall–Kier alpha value is -2.49. The van der Waals surface area contributed by atoms with Gasteiger partial charge in [0.05, 0.1) is 6.54 Å². The first kappa shape index (κ1) is 21.2. The highest BCUT2D eigenvalue weighted by Crippen LogP contribution is 2.30. The SMILES string of the molecule is CC(Oc1cccc2c1CCCC2)C(=O)NCCOc1ccc(C(C)(C)C)cc1. The first-order valence-corrected chi connectivity index (χ1v) is 10.6. The maximum absolute atomic E-state index is 12.4. The quantitative estimate of drug-likeness (QED) is 0.684. The number of fused-ring (bicyclic) bond motifs is 1. The number of benzene rings is 2. The van der Waals surface area contributed by atoms with Crippen LogP contribution in [-0.4, -0.2) is 25.2 Å². The van der Waals surface area contributed by atoms with Crippen molar-refractivity contribution in [2.45, 2.75) is 64.9 Å². The summed E-state index contributed by atoms with van der Waals surface area (Å²) in [5, 5.41) is 2.90. The highest BCUT2D eigenvalue weighted by Gasteiger charge is 2.19. The zero-order chi connectivity index (χ0) is 20.9. The molecule has 156 valence electrons. The second-order valence-electron chi connectivity index (χ2n) is 8.77. The molecule has 0 fully saturated rings. The van der Waals surface area contributed by atoms with E-state index in [1.807, 2.05) is 24.3 Å². The molecule has 1 aliphatic carbocycles. The third-order valence-electron chi connectivity index (χ3n) is 5.42. The van der Waals surface area contributed by atoms with E-state index >= 15 is 0 Å². The van der Waals surface area contributed by atoms with Crippen LogP contribution >= 0.6 is 0 Å². The molecule has 0 bridgehead atoms. The summed E-state index contributed by atoms with van der Waals surface area (Å²) in [5.41, 5.74) is 4.01. The molecule has 1 unspecified atom stereocenters. The number of carbonyl (C=O) groups is 1. The van der Waals surface area contributed by atoms with E-state index in [4.69, 9.17) is 9.47 Å². The minimum atomic E-state index is -0.533. The fraction of sp³-hybridized carbons (Fsp3) is 0.480. The number of hydrogen-bond acceptors (Lipinski definition) is 3. The Kier molecular flexibility index (Phi) is 6.83. The summed E-state index contributed by atoms with van der Waals surface area (Å²) in [6.07, 6.45) is 4.01. The Morgan fingerprint density at radius 2 is 1.79 bits per heavy atom. The minimum Gasteiger partial charge on any atom is -0.492 e. The molecule has 0 saturated heterocycles. The van der Waals surface area contributed by atoms with Crippen molar-refractivity contribution in [3.05, 3.63) is 59.2 Å². The summed E-state index contributed by atoms with van der Waals surface area (Å²) in [5.74, 6) is 1.54. The highest BCUT2D eigenvalue weighted by molar-refractivity contribution is 5.80. The fourth-order valence-corrected chi connectivity index (χ4v) is 3.64. The van der Waals surface area contributed by atoms with E-state index in [1.165, 1.54) is 29.5 Å². The van der Waals surface area contributed by atoms with Crippen LogP contribution in [-0.2, 0) is 23.1 Å². The first-order valence-electron chi connectivity index (χ1n) is 10.6. The maximum Gasteiger partial charge on any atom is 0.260 e. The molecule has 0 aromatic heterocycles. The largest absolute Gasteiger partial charge is 0.492 e. The van der Waals surface area contributed by atoms with Crippen molar-refractivity contribution < 1.29 is 14.3 Å². The Morgan fingerprint density at radius 3 is 2.52 bits per heavy atom. The molecule has 29 heavy (non-hydrogen) atoms. The van der Waals surface area contributed by atoms with Crippen LogP contribution in [0.5, 0.6) is 11.5 Å². The Labute approximate surface area is 174 Å². The molecule has 0 spiro atoms. The van der Waals surface area contributed by atoms with Crippen LogP contribution in [0.15, 0.2) is 42.5 Å². The van der Waals surface area contributed by atoms with Crippen molar-refractivity contribution in [3.8, 4) is 11.5 Å². The van der Waals surface area contributed by atoms with Crippen LogP contribution < -0.4 is 14.8 Å². The predicted molar refractivity (Wildman–Crippen MR) is 117 cm³/mol. The monoisotopic (exact) mass is 395 g/mol. The van der Waals surface area contributed by atoms with Crippen LogP contribution in [0.1, 0.15) is 57.2 Å². The van der Waals surface area contributed by atoms with Crippen LogP contribution in [0.2, 0.25) is 0 Å². The normalized spacial score (nSPS) is 14.6. The molecule has 1 aliphatic rings. The minimum absolute atomic E-state index is 0.120. The molecule has 2 aromatic carbocycles. The molecule has 0 saturated carbocycles. The topological polar surface area (TPSA) is 47.6 Å². The van der Waals surface area contributed by atoms with Gasteiger partial charge in [-0.3, -0.25) is 4.79 Å². The molecule has 4 heteroatoms. The van der Waals surface area contributed by atoms with Crippen molar-refractivity contribution in [2.24, 2.45) is 0 Å². The van der Waals surface area contributed by atoms with Gasteiger partial charge in [0.2, 0.25) is 0 Å². The van der Waals surface area contributed by atoms with E-state index in [9.17, 15) is 4.79 Å². The van der Waals surface area contributed by atoms with Gasteiger partial charge in [0, 0.05) is 0 Å². The van der Waals surface area contributed by atoms with Crippen molar-refractivity contribution in [1.29, 1.82) is 0 Å². The number of rotatable bonds is 7. The molecule has 1 N–H and O–H groups in total. The lowest BCUT2D eigenvalue weighted by Gasteiger charge is -2.22. The molecule has 2 aromatic rings. The van der Waals surface area contributed by atoms with Crippen molar-refractivity contribution >= 4 is 5.91 Å². The molecule has 0 aliphatic heterocycles. The van der Waals surface area contributed by atoms with Gasteiger partial charge in [0.1, 0.15) is 18.1 Å². The van der Waals surface area contributed by atoms with E-state index in [0.29, 0.717) is 13.2 Å². The standard InChI is InChI=1S/C25H33NO3/c1-18(29-23-11-7-9-19-8-5-6-10-22(19)23)24(27)26-16-17-28-21-14-12-20(13-15-21)25(2,3)4/h7,9,11-15,18H,5-6,8,10,16-17H2,1-4H3,(H,26,27). The number of aryl methyl sites for hydroxylation is 1. The maximum atomic E-state index is 12.4. The molecular weight excluding hydrogens is 362 g/mol. The zero-order valence-electron chi connectivity index (χ0n) is 18.1. The van der Waals surface area contributed by atoms with E-state index < -0.39 is 6.10 Å². The van der Waals surface area contributed by atoms with Gasteiger partial charge in [-0.1, -0.05) is 45.0 Å². The summed E-state index contributed by atoms with van der Waals surface area (Å²) in [7, 11) is 0. The molecule has 0 heterocycles. The Bertz CT molecular complexity index is 821. The lowest BCUT2D eigenvalue weighted by atomic mass is 9.87. The summed E-state index contributed by atoms with van der Waals surface area (Å²) >= 11 is 0. The number of nitrogens with one attached hydrogen (secondary N) is 1. The number of hydrogen-bond donors (Lipinski definition) is 1. The molecule has 3 rings (SSSR count). The second kappa shape index (κ2) is 9.34. The molecule has 1 amide bonds. The van der Waals surface area contributed by atoms with E-state index in [2.05, 4.69) is 44.3 Å². The molecule has 1 atom stereocenters. The lowest BCUT2D eigenvalue weighted by molar-refractivity contribution is -0.127. The molecule has 0 radical (unpaired) electrons. The van der Waals surface area contributed by atoms with Gasteiger partial charge >= 0.3 is 0 Å². The third-order valence-corrected chi connectivity index (χ3v) is 5.42. The summed E-state index contributed by atoms with van der Waals surface area (Å²) in [6, 6.07) is 14.3. The van der Waals surface area contributed by atoms with Gasteiger partial charge in [0.25, 0.3) is 5.91 Å². The second-order valence-corrected chi connectivity index (χ2v) is 8.77. The molecular formula is C25H33NO3. The summed E-state index contributed by atoms with van der Waals surface area (Å²) in [6.45, 7) is 9.23. The Balaban J connectivity index is 1.44. The Morgan fingerprint density at radius 1 is 1.07 bits per heavy atom. The van der Waals surface area contributed by atoms with Crippen LogP contribution in [0, 0.1) is 0 Å². The zero-order valence-corrected chi connectivity index (χ0v) is 18.1. The van der Waals surface area contributed by atoms with Crippen LogP contribution in [0.3, 0.4) is 0 Å². The molecule has 4 nitrogen and oxygen atoms in total. The van der Waals surface area contributed by atoms with Gasteiger partial charge in [-0.05, 0) is 72.9 Å². The van der Waals surface area contributed by atoms with Gasteiger partial charge in [-0.15, -0.1) is 0 Å². The van der Waals surface area contributed by atoms with Crippen molar-refractivity contribution in [1.82, 2.24) is 5.32 Å². The van der Waals surface area contributed by atoms with E-state index in [0.717, 1.165) is 24.3 Å². The van der Waals surface area contributed by atoms with Crippen LogP contribution in [0.4, 0.5) is 0 Å². The summed E-state index contributed by atoms with van der Waals surface area (Å²) < 4.78 is 11.7.